The maximum Gasteiger partial charge on any atom is 0.253 e. The number of anilines is 1. The van der Waals surface area contributed by atoms with E-state index in [2.05, 4.69) is 44.8 Å². The standard InChI is InChI=1S/C45H70N8O9/c1-3-4-9-38-49-42-43(53(38)32-45(2,33-54)34-55)36-11-10-35(31-37(36)48-44(42)46)8-7-17-51-20-18-50(19-21-51)16-6-5-15-47-39(56)14-23-59-25-27-61-29-30-62-28-26-60-24-22-52-40(57)12-13-41(52)58/h10-13,31,54-55H,3-9,14-30,32-34H2,1-2H3,(H2,46,48)(H,47,56). The molecule has 1 fully saturated rings. The number of nitrogens with zero attached hydrogens (tertiary/aromatic N) is 6. The number of piperazine rings is 1. The van der Waals surface area contributed by atoms with Crippen molar-refractivity contribution >= 4 is 45.5 Å². The van der Waals surface area contributed by atoms with Gasteiger partial charge in [-0.1, -0.05) is 32.4 Å². The van der Waals surface area contributed by atoms with E-state index in [4.69, 9.17) is 34.6 Å². The highest BCUT2D eigenvalue weighted by molar-refractivity contribution is 6.12. The number of amides is 3. The predicted octanol–water partition coefficient (Wildman–Crippen LogP) is 2.33. The third-order valence-electron chi connectivity index (χ3n) is 11.5. The van der Waals surface area contributed by atoms with Crippen LogP contribution < -0.4 is 11.1 Å². The van der Waals surface area contributed by atoms with Gasteiger partial charge < -0.3 is 54.6 Å². The average Bonchev–Trinajstić information content (AvgIpc) is 3.80. The zero-order valence-electron chi connectivity index (χ0n) is 37.0. The van der Waals surface area contributed by atoms with Gasteiger partial charge in [0.2, 0.25) is 5.91 Å². The van der Waals surface area contributed by atoms with Crippen LogP contribution in [-0.4, -0.2) is 176 Å². The van der Waals surface area contributed by atoms with Gasteiger partial charge in [-0.2, -0.15) is 0 Å². The van der Waals surface area contributed by atoms with Crippen molar-refractivity contribution in [2.75, 3.05) is 124 Å². The SMILES string of the molecule is CCCCc1nc2c(N)nc3cc(CCCN4CCN(CCCCNC(=O)CCOCCOCCOCCOCCN5C(=O)C=CC5=O)CC4)ccc3c2n1CC(C)(CO)CO. The molecule has 344 valence electrons. The van der Waals surface area contributed by atoms with Gasteiger partial charge in [-0.05, 0) is 56.8 Å². The first-order valence-corrected chi connectivity index (χ1v) is 22.5. The highest BCUT2D eigenvalue weighted by Crippen LogP contribution is 2.32. The first-order valence-electron chi connectivity index (χ1n) is 22.5. The third kappa shape index (κ3) is 15.0. The van der Waals surface area contributed by atoms with Crippen molar-refractivity contribution in [2.24, 2.45) is 5.41 Å². The molecule has 3 aromatic rings. The lowest BCUT2D eigenvalue weighted by Gasteiger charge is -2.34. The molecule has 3 amide bonds. The van der Waals surface area contributed by atoms with Gasteiger partial charge in [-0.3, -0.25) is 19.3 Å². The molecule has 1 saturated heterocycles. The molecule has 0 atom stereocenters. The Hall–Kier alpha value is -4.07. The van der Waals surface area contributed by atoms with Crippen molar-refractivity contribution in [1.29, 1.82) is 0 Å². The lowest BCUT2D eigenvalue weighted by Crippen LogP contribution is -2.46. The fraction of sp³-hybridized carbons (Fsp3) is 0.667. The van der Waals surface area contributed by atoms with E-state index in [-0.39, 0.29) is 44.1 Å². The van der Waals surface area contributed by atoms with E-state index in [0.29, 0.717) is 77.1 Å². The largest absolute Gasteiger partial charge is 0.396 e. The van der Waals surface area contributed by atoms with Gasteiger partial charge >= 0.3 is 0 Å². The molecule has 0 aliphatic carbocycles. The monoisotopic (exact) mass is 867 g/mol. The number of rotatable bonds is 31. The molecule has 5 N–H and O–H groups in total. The second-order valence-electron chi connectivity index (χ2n) is 16.6. The average molecular weight is 867 g/mol. The van der Waals surface area contributed by atoms with Gasteiger partial charge in [0.05, 0.1) is 83.6 Å². The maximum absolute atomic E-state index is 12.2. The summed E-state index contributed by atoms with van der Waals surface area (Å²) in [5.74, 6) is 0.688. The molecular weight excluding hydrogens is 797 g/mol. The number of imidazole rings is 1. The fourth-order valence-corrected chi connectivity index (χ4v) is 7.64. The van der Waals surface area contributed by atoms with E-state index in [1.807, 2.05) is 6.92 Å². The molecule has 2 aromatic heterocycles. The lowest BCUT2D eigenvalue weighted by molar-refractivity contribution is -0.137. The molecule has 2 aliphatic heterocycles. The highest BCUT2D eigenvalue weighted by atomic mass is 16.6. The summed E-state index contributed by atoms with van der Waals surface area (Å²) in [5, 5.41) is 24.2. The van der Waals surface area contributed by atoms with Crippen molar-refractivity contribution in [3.05, 3.63) is 41.7 Å². The van der Waals surface area contributed by atoms with Crippen LogP contribution in [0.4, 0.5) is 5.82 Å². The van der Waals surface area contributed by atoms with Gasteiger partial charge in [0, 0.05) is 75.1 Å². The van der Waals surface area contributed by atoms with Gasteiger partial charge in [0.15, 0.2) is 5.82 Å². The molecule has 0 radical (unpaired) electrons. The van der Waals surface area contributed by atoms with Crippen LogP contribution >= 0.6 is 0 Å². The Bertz CT molecular complexity index is 1880. The predicted molar refractivity (Wildman–Crippen MR) is 238 cm³/mol. The zero-order chi connectivity index (χ0) is 44.2. The number of aliphatic hydroxyl groups is 2. The van der Waals surface area contributed by atoms with Crippen LogP contribution in [0, 0.1) is 5.41 Å². The number of hydrogen-bond donors (Lipinski definition) is 4. The summed E-state index contributed by atoms with van der Waals surface area (Å²) in [7, 11) is 0. The number of ether oxygens (including phenoxy) is 4. The highest BCUT2D eigenvalue weighted by Gasteiger charge is 2.28. The summed E-state index contributed by atoms with van der Waals surface area (Å²) >= 11 is 0. The third-order valence-corrected chi connectivity index (χ3v) is 11.5. The summed E-state index contributed by atoms with van der Waals surface area (Å²) < 4.78 is 24.0. The molecule has 17 heteroatoms. The molecule has 2 aliphatic rings. The molecule has 0 spiro atoms. The number of aryl methyl sites for hydroxylation is 2. The van der Waals surface area contributed by atoms with Gasteiger partial charge in [-0.15, -0.1) is 0 Å². The van der Waals surface area contributed by atoms with E-state index in [1.54, 1.807) is 0 Å². The lowest BCUT2D eigenvalue weighted by atomic mass is 9.92. The van der Waals surface area contributed by atoms with Crippen LogP contribution in [0.2, 0.25) is 0 Å². The second kappa shape index (κ2) is 25.9. The summed E-state index contributed by atoms with van der Waals surface area (Å²) in [6.07, 6.45) is 9.63. The van der Waals surface area contributed by atoms with E-state index < -0.39 is 5.41 Å². The van der Waals surface area contributed by atoms with Crippen LogP contribution in [0.3, 0.4) is 0 Å². The number of carbonyl (C=O) groups is 3. The van der Waals surface area contributed by atoms with Crippen LogP contribution in [0.1, 0.15) is 63.8 Å². The Labute approximate surface area is 365 Å². The number of aromatic nitrogens is 3. The number of hydrogen-bond acceptors (Lipinski definition) is 14. The van der Waals surface area contributed by atoms with Crippen LogP contribution in [0.25, 0.3) is 21.9 Å². The number of nitrogens with one attached hydrogen (secondary N) is 1. The van der Waals surface area contributed by atoms with E-state index in [1.165, 1.54) is 17.7 Å². The Balaban J connectivity index is 0.869. The quantitative estimate of drug-likeness (QED) is 0.0542. The molecule has 0 unspecified atom stereocenters. The molecule has 62 heavy (non-hydrogen) atoms. The van der Waals surface area contributed by atoms with Crippen LogP contribution in [0.5, 0.6) is 0 Å². The number of aliphatic hydroxyl groups excluding tert-OH is 2. The molecular formula is C45H70N8O9. The number of fused-ring (bicyclic) bond motifs is 3. The Morgan fingerprint density at radius 3 is 2.03 bits per heavy atom. The normalized spacial score (nSPS) is 15.3. The number of benzene rings is 1. The molecule has 0 bridgehead atoms. The first kappa shape index (κ1) is 49.0. The number of carbonyl (C=O) groups excluding carboxylic acids is 3. The van der Waals surface area contributed by atoms with Gasteiger partial charge in [-0.25, -0.2) is 9.97 Å². The van der Waals surface area contributed by atoms with E-state index >= 15 is 0 Å². The summed E-state index contributed by atoms with van der Waals surface area (Å²) in [5.41, 5.74) is 9.49. The van der Waals surface area contributed by atoms with Crippen molar-refractivity contribution in [2.45, 2.75) is 71.8 Å². The van der Waals surface area contributed by atoms with Crippen LogP contribution in [-0.2, 0) is 52.7 Å². The molecule has 5 rings (SSSR count). The zero-order valence-corrected chi connectivity index (χ0v) is 37.0. The molecule has 4 heterocycles. The Morgan fingerprint density at radius 1 is 0.790 bits per heavy atom. The molecule has 1 aromatic carbocycles. The van der Waals surface area contributed by atoms with Crippen molar-refractivity contribution in [3.63, 3.8) is 0 Å². The number of nitrogens with two attached hydrogens (primary N) is 1. The number of pyridine rings is 1. The van der Waals surface area contributed by atoms with E-state index in [9.17, 15) is 24.6 Å². The summed E-state index contributed by atoms with van der Waals surface area (Å²) in [6.45, 7) is 14.4. The van der Waals surface area contributed by atoms with E-state index in [0.717, 1.165) is 111 Å². The van der Waals surface area contributed by atoms with Crippen molar-refractivity contribution in [1.82, 2.24) is 34.6 Å². The van der Waals surface area contributed by atoms with Gasteiger partial charge in [0.1, 0.15) is 11.3 Å². The minimum absolute atomic E-state index is 0.00341. The van der Waals surface area contributed by atoms with Crippen molar-refractivity contribution in [3.8, 4) is 0 Å². The molecule has 0 saturated carbocycles. The smallest absolute Gasteiger partial charge is 0.253 e. The first-order chi connectivity index (χ1) is 30.1. The van der Waals surface area contributed by atoms with Crippen LogP contribution in [0.15, 0.2) is 30.4 Å². The maximum atomic E-state index is 12.2. The number of unbranched alkanes of at least 4 members (excludes halogenated alkanes) is 2. The second-order valence-corrected chi connectivity index (χ2v) is 16.6. The minimum Gasteiger partial charge on any atom is -0.396 e. The number of imide groups is 1. The number of nitrogen functional groups attached to an aromatic ring is 1. The van der Waals surface area contributed by atoms with Crippen molar-refractivity contribution < 1.29 is 43.5 Å². The minimum atomic E-state index is -0.692. The Kier molecular flexibility index (Phi) is 20.4. The fourth-order valence-electron chi connectivity index (χ4n) is 7.64. The molecule has 17 nitrogen and oxygen atoms in total. The topological polar surface area (TPSA) is 207 Å². The summed E-state index contributed by atoms with van der Waals surface area (Å²) in [4.78, 5) is 51.0. The Morgan fingerprint density at radius 2 is 1.40 bits per heavy atom. The summed E-state index contributed by atoms with van der Waals surface area (Å²) in [6, 6.07) is 6.46. The van der Waals surface area contributed by atoms with Gasteiger partial charge in [0.25, 0.3) is 11.8 Å².